The molecule has 0 aliphatic carbocycles. The van der Waals surface area contributed by atoms with E-state index in [4.69, 9.17) is 0 Å². The Bertz CT molecular complexity index is 545. The lowest BCUT2D eigenvalue weighted by atomic mass is 10.1. The zero-order valence-electron chi connectivity index (χ0n) is 13.8. The Labute approximate surface area is 131 Å². The molecule has 2 heterocycles. The number of hydrogen-bond acceptors (Lipinski definition) is 3. The van der Waals surface area contributed by atoms with Gasteiger partial charge in [0.05, 0.1) is 12.6 Å². The summed E-state index contributed by atoms with van der Waals surface area (Å²) >= 11 is 0. The molecule has 1 atom stereocenters. The Kier molecular flexibility index (Phi) is 4.90. The van der Waals surface area contributed by atoms with E-state index in [1.165, 1.54) is 5.69 Å². The van der Waals surface area contributed by atoms with E-state index in [1.807, 2.05) is 40.1 Å². The Balaban J connectivity index is 1.91. The first kappa shape index (κ1) is 16.5. The van der Waals surface area contributed by atoms with Crippen LogP contribution in [0.3, 0.4) is 0 Å². The van der Waals surface area contributed by atoms with Gasteiger partial charge < -0.3 is 9.88 Å². The lowest BCUT2D eigenvalue weighted by molar-refractivity contribution is -0.121. The molecule has 2 N–H and O–H groups in total. The Morgan fingerprint density at radius 2 is 2.09 bits per heavy atom. The molecule has 1 aliphatic heterocycles. The lowest BCUT2D eigenvalue weighted by Crippen LogP contribution is -2.50. The molecule has 1 aliphatic rings. The maximum absolute atomic E-state index is 12.1. The van der Waals surface area contributed by atoms with Gasteiger partial charge in [-0.15, -0.1) is 0 Å². The van der Waals surface area contributed by atoms with Crippen LogP contribution in [-0.4, -0.2) is 40.0 Å². The predicted octanol–water partition coefficient (Wildman–Crippen LogP) is 1.79. The first-order valence-electron chi connectivity index (χ1n) is 7.73. The maximum atomic E-state index is 12.1. The van der Waals surface area contributed by atoms with E-state index in [-0.39, 0.29) is 24.0 Å². The van der Waals surface area contributed by atoms with Crippen LogP contribution in [0.2, 0.25) is 0 Å². The molecular formula is C16H26N4O2. The molecule has 1 aromatic rings. The molecule has 1 fully saturated rings. The van der Waals surface area contributed by atoms with E-state index in [9.17, 15) is 9.59 Å². The second kappa shape index (κ2) is 6.52. The smallest absolute Gasteiger partial charge is 0.321 e. The minimum atomic E-state index is -0.438. The summed E-state index contributed by atoms with van der Waals surface area (Å²) in [4.78, 5) is 26.0. The third-order valence-electron chi connectivity index (χ3n) is 3.78. The van der Waals surface area contributed by atoms with E-state index in [1.54, 1.807) is 0 Å². The first-order valence-corrected chi connectivity index (χ1v) is 7.73. The molecule has 22 heavy (non-hydrogen) atoms. The number of carbonyl (C=O) groups is 2. The molecule has 0 bridgehead atoms. The van der Waals surface area contributed by atoms with Crippen LogP contribution in [0.4, 0.5) is 4.79 Å². The van der Waals surface area contributed by atoms with Crippen LogP contribution >= 0.6 is 0 Å². The quantitative estimate of drug-likeness (QED) is 0.894. The van der Waals surface area contributed by atoms with Crippen molar-refractivity contribution in [2.45, 2.75) is 45.2 Å². The molecule has 1 aromatic heterocycles. The molecule has 122 valence electrons. The number of hydrogen-bond donors (Lipinski definition) is 2. The Morgan fingerprint density at radius 1 is 1.36 bits per heavy atom. The number of nitrogens with one attached hydrogen (secondary N) is 2. The van der Waals surface area contributed by atoms with Crippen molar-refractivity contribution in [1.29, 1.82) is 0 Å². The number of amides is 3. The summed E-state index contributed by atoms with van der Waals surface area (Å²) in [6, 6.07) is 3.92. The van der Waals surface area contributed by atoms with Crippen LogP contribution in [0.5, 0.6) is 0 Å². The van der Waals surface area contributed by atoms with Gasteiger partial charge in [0.2, 0.25) is 5.91 Å². The standard InChI is InChI=1S/C16H26N4O2/c1-16(2,3)18-15(22)17-14(21)11-20-10-6-8-13(20)12-7-5-9-19(12)4/h5,7,9,13H,6,8,10-11H2,1-4H3,(H2,17,18,21,22)/t13-/m1/s1. The van der Waals surface area contributed by atoms with Crippen molar-refractivity contribution in [3.8, 4) is 0 Å². The van der Waals surface area contributed by atoms with Crippen molar-refractivity contribution in [1.82, 2.24) is 20.1 Å². The van der Waals surface area contributed by atoms with Crippen molar-refractivity contribution in [3.05, 3.63) is 24.0 Å². The summed E-state index contributed by atoms with van der Waals surface area (Å²) < 4.78 is 2.09. The van der Waals surface area contributed by atoms with Crippen LogP contribution in [0, 0.1) is 0 Å². The zero-order valence-corrected chi connectivity index (χ0v) is 13.8. The minimum absolute atomic E-state index is 0.243. The third-order valence-corrected chi connectivity index (χ3v) is 3.78. The molecule has 0 radical (unpaired) electrons. The van der Waals surface area contributed by atoms with Crippen molar-refractivity contribution in [2.75, 3.05) is 13.1 Å². The second-order valence-electron chi connectivity index (χ2n) is 6.92. The molecule has 0 saturated carbocycles. The summed E-state index contributed by atoms with van der Waals surface area (Å²) in [7, 11) is 2.02. The van der Waals surface area contributed by atoms with E-state index in [0.717, 1.165) is 19.4 Å². The highest BCUT2D eigenvalue weighted by Gasteiger charge is 2.29. The molecule has 3 amide bonds. The van der Waals surface area contributed by atoms with Gasteiger partial charge >= 0.3 is 6.03 Å². The fourth-order valence-corrected chi connectivity index (χ4v) is 2.89. The number of likely N-dealkylation sites (tertiary alicyclic amines) is 1. The molecule has 6 nitrogen and oxygen atoms in total. The van der Waals surface area contributed by atoms with Gasteiger partial charge in [0.1, 0.15) is 0 Å². The SMILES string of the molecule is Cn1cccc1[C@H]1CCCN1CC(=O)NC(=O)NC(C)(C)C. The fourth-order valence-electron chi connectivity index (χ4n) is 2.89. The highest BCUT2D eigenvalue weighted by atomic mass is 16.2. The number of imide groups is 1. The molecule has 0 unspecified atom stereocenters. The average molecular weight is 306 g/mol. The predicted molar refractivity (Wildman–Crippen MR) is 85.4 cm³/mol. The van der Waals surface area contributed by atoms with Gasteiger partial charge in [0.25, 0.3) is 0 Å². The van der Waals surface area contributed by atoms with E-state index in [2.05, 4.69) is 26.2 Å². The molecular weight excluding hydrogens is 280 g/mol. The number of rotatable bonds is 3. The van der Waals surface area contributed by atoms with Crippen molar-refractivity contribution in [2.24, 2.45) is 7.05 Å². The topological polar surface area (TPSA) is 66.4 Å². The number of carbonyl (C=O) groups excluding carboxylic acids is 2. The van der Waals surface area contributed by atoms with Gasteiger partial charge in [-0.05, 0) is 52.3 Å². The molecule has 2 rings (SSSR count). The monoisotopic (exact) mass is 306 g/mol. The highest BCUT2D eigenvalue weighted by molar-refractivity contribution is 5.95. The summed E-state index contributed by atoms with van der Waals surface area (Å²) in [6.45, 7) is 6.76. The Morgan fingerprint density at radius 3 is 2.68 bits per heavy atom. The second-order valence-corrected chi connectivity index (χ2v) is 6.92. The third kappa shape index (κ3) is 4.34. The summed E-state index contributed by atoms with van der Waals surface area (Å²) in [6.07, 6.45) is 4.12. The fraction of sp³-hybridized carbons (Fsp3) is 0.625. The average Bonchev–Trinajstić information content (AvgIpc) is 2.94. The molecule has 0 spiro atoms. The summed E-state index contributed by atoms with van der Waals surface area (Å²) in [5.74, 6) is -0.261. The van der Waals surface area contributed by atoms with Crippen LogP contribution < -0.4 is 10.6 Å². The van der Waals surface area contributed by atoms with Crippen LogP contribution in [-0.2, 0) is 11.8 Å². The molecule has 0 aromatic carbocycles. The number of aromatic nitrogens is 1. The number of aryl methyl sites for hydroxylation is 1. The highest BCUT2D eigenvalue weighted by Crippen LogP contribution is 2.31. The maximum Gasteiger partial charge on any atom is 0.321 e. The Hall–Kier alpha value is -1.82. The zero-order chi connectivity index (χ0) is 16.3. The molecule has 1 saturated heterocycles. The van der Waals surface area contributed by atoms with Crippen LogP contribution in [0.25, 0.3) is 0 Å². The van der Waals surface area contributed by atoms with E-state index < -0.39 is 6.03 Å². The van der Waals surface area contributed by atoms with Crippen molar-refractivity contribution < 1.29 is 9.59 Å². The van der Waals surface area contributed by atoms with Crippen molar-refractivity contribution >= 4 is 11.9 Å². The van der Waals surface area contributed by atoms with Gasteiger partial charge in [-0.25, -0.2) is 4.79 Å². The largest absolute Gasteiger partial charge is 0.353 e. The van der Waals surface area contributed by atoms with Crippen molar-refractivity contribution in [3.63, 3.8) is 0 Å². The van der Waals surface area contributed by atoms with Gasteiger partial charge in [0, 0.05) is 24.5 Å². The summed E-state index contributed by atoms with van der Waals surface area (Å²) in [5.41, 5.74) is 0.855. The molecule has 6 heteroatoms. The minimum Gasteiger partial charge on any atom is -0.353 e. The van der Waals surface area contributed by atoms with Gasteiger partial charge in [-0.2, -0.15) is 0 Å². The first-order chi connectivity index (χ1) is 10.3. The number of urea groups is 1. The van der Waals surface area contributed by atoms with Crippen LogP contribution in [0.15, 0.2) is 18.3 Å². The lowest BCUT2D eigenvalue weighted by Gasteiger charge is -2.25. The van der Waals surface area contributed by atoms with Gasteiger partial charge in [-0.1, -0.05) is 0 Å². The van der Waals surface area contributed by atoms with E-state index in [0.29, 0.717) is 0 Å². The summed E-state index contributed by atoms with van der Waals surface area (Å²) in [5, 5.41) is 5.14. The van der Waals surface area contributed by atoms with E-state index >= 15 is 0 Å². The normalized spacial score (nSPS) is 19.2. The van der Waals surface area contributed by atoms with Crippen LogP contribution in [0.1, 0.15) is 45.3 Å². The van der Waals surface area contributed by atoms with Gasteiger partial charge in [0.15, 0.2) is 0 Å². The number of nitrogens with zero attached hydrogens (tertiary/aromatic N) is 2. The van der Waals surface area contributed by atoms with Gasteiger partial charge in [-0.3, -0.25) is 15.0 Å².